The van der Waals surface area contributed by atoms with Gasteiger partial charge >= 0.3 is 0 Å². The van der Waals surface area contributed by atoms with Gasteiger partial charge in [-0.25, -0.2) is 4.98 Å². The van der Waals surface area contributed by atoms with E-state index in [1.807, 2.05) is 0 Å². The first-order valence-electron chi connectivity index (χ1n) is 13.2. The van der Waals surface area contributed by atoms with Crippen molar-refractivity contribution in [1.82, 2.24) is 19.6 Å². The Bertz CT molecular complexity index is 1530. The number of ether oxygens (including phenoxy) is 4. The molecule has 0 aliphatic heterocycles. The van der Waals surface area contributed by atoms with E-state index in [4.69, 9.17) is 45.5 Å². The average Bonchev–Trinajstić information content (AvgIpc) is 3.43. The quantitative estimate of drug-likeness (QED) is 0.223. The van der Waals surface area contributed by atoms with E-state index in [1.165, 1.54) is 4.52 Å². The second-order valence-corrected chi connectivity index (χ2v) is 9.72. The van der Waals surface area contributed by atoms with Crippen molar-refractivity contribution < 1.29 is 23.7 Å². The lowest BCUT2D eigenvalue weighted by molar-refractivity contribution is 0.100. The number of amides is 1. The molecule has 13 nitrogen and oxygen atoms in total. The largest absolute Gasteiger partial charge is 0.497 e. The number of anilines is 3. The molecule has 1 fully saturated rings. The highest BCUT2D eigenvalue weighted by Crippen LogP contribution is 2.33. The minimum Gasteiger partial charge on any atom is -0.497 e. The summed E-state index contributed by atoms with van der Waals surface area (Å²) in [5.41, 5.74) is 13.8. The second kappa shape index (κ2) is 11.8. The highest BCUT2D eigenvalue weighted by atomic mass is 16.5. The SMILES string of the molecule is COc1cc(Nc2nc(N[C@@H]3CCCC[C@@H]3N)n3nc(-c4cc(OC)cc(OC)c4)nc3c2C(N)=O)cc(OC)c1. The number of carbonyl (C=O) groups excluding carboxylic acids is 1. The van der Waals surface area contributed by atoms with Crippen molar-refractivity contribution in [2.75, 3.05) is 39.1 Å². The van der Waals surface area contributed by atoms with E-state index in [-0.39, 0.29) is 29.1 Å². The first kappa shape index (κ1) is 27.8. The molecule has 0 unspecified atom stereocenters. The molecule has 0 spiro atoms. The Hall–Kier alpha value is -4.78. The molecule has 216 valence electrons. The minimum absolute atomic E-state index is 0.0480. The molecule has 1 aliphatic rings. The van der Waals surface area contributed by atoms with Crippen LogP contribution in [0.4, 0.5) is 17.5 Å². The molecule has 1 saturated carbocycles. The molecular weight excluding hydrogens is 528 g/mol. The van der Waals surface area contributed by atoms with Gasteiger partial charge < -0.3 is 41.0 Å². The molecule has 2 aromatic carbocycles. The molecule has 4 aromatic rings. The van der Waals surface area contributed by atoms with Crippen LogP contribution in [0.1, 0.15) is 36.0 Å². The summed E-state index contributed by atoms with van der Waals surface area (Å²) in [6.45, 7) is 0. The van der Waals surface area contributed by atoms with Gasteiger partial charge in [-0.05, 0) is 25.0 Å². The molecule has 5 rings (SSSR count). The predicted molar refractivity (Wildman–Crippen MR) is 155 cm³/mol. The smallest absolute Gasteiger partial charge is 0.256 e. The van der Waals surface area contributed by atoms with Crippen LogP contribution >= 0.6 is 0 Å². The zero-order valence-corrected chi connectivity index (χ0v) is 23.4. The molecule has 1 amide bonds. The zero-order valence-electron chi connectivity index (χ0n) is 23.4. The number of nitrogens with two attached hydrogens (primary N) is 2. The molecule has 0 bridgehead atoms. The minimum atomic E-state index is -0.733. The zero-order chi connectivity index (χ0) is 29.1. The van der Waals surface area contributed by atoms with E-state index in [9.17, 15) is 4.79 Å². The van der Waals surface area contributed by atoms with Gasteiger partial charge in [-0.15, -0.1) is 5.10 Å². The van der Waals surface area contributed by atoms with Gasteiger partial charge in [0.05, 0.1) is 28.4 Å². The Morgan fingerprint density at radius 2 is 1.46 bits per heavy atom. The molecule has 2 aromatic heterocycles. The molecule has 0 saturated heterocycles. The van der Waals surface area contributed by atoms with Crippen LogP contribution in [0, 0.1) is 0 Å². The fourth-order valence-corrected chi connectivity index (χ4v) is 4.93. The number of carbonyl (C=O) groups is 1. The third-order valence-corrected chi connectivity index (χ3v) is 7.09. The van der Waals surface area contributed by atoms with Crippen LogP contribution in [-0.2, 0) is 0 Å². The lowest BCUT2D eigenvalue weighted by Gasteiger charge is -2.29. The van der Waals surface area contributed by atoms with Gasteiger partial charge in [0.1, 0.15) is 28.6 Å². The molecule has 13 heteroatoms. The van der Waals surface area contributed by atoms with Crippen molar-refractivity contribution in [2.45, 2.75) is 37.8 Å². The number of rotatable bonds is 10. The van der Waals surface area contributed by atoms with Gasteiger partial charge in [0.15, 0.2) is 17.3 Å². The van der Waals surface area contributed by atoms with Crippen LogP contribution in [0.3, 0.4) is 0 Å². The Labute approximate surface area is 237 Å². The highest BCUT2D eigenvalue weighted by Gasteiger charge is 2.27. The third-order valence-electron chi connectivity index (χ3n) is 7.09. The van der Waals surface area contributed by atoms with Crippen LogP contribution in [-0.4, -0.2) is 66.0 Å². The molecular formula is C28H34N8O5. The lowest BCUT2D eigenvalue weighted by Crippen LogP contribution is -2.43. The maximum Gasteiger partial charge on any atom is 0.256 e. The van der Waals surface area contributed by atoms with Crippen molar-refractivity contribution in [1.29, 1.82) is 0 Å². The number of hydrogen-bond donors (Lipinski definition) is 4. The summed E-state index contributed by atoms with van der Waals surface area (Å²) in [6, 6.07) is 10.4. The molecule has 1 aliphatic carbocycles. The number of aromatic nitrogens is 4. The van der Waals surface area contributed by atoms with Crippen LogP contribution in [0.15, 0.2) is 36.4 Å². The summed E-state index contributed by atoms with van der Waals surface area (Å²) >= 11 is 0. The van der Waals surface area contributed by atoms with Gasteiger partial charge in [0, 0.05) is 47.6 Å². The van der Waals surface area contributed by atoms with E-state index < -0.39 is 5.91 Å². The summed E-state index contributed by atoms with van der Waals surface area (Å²) in [6.07, 6.45) is 3.86. The summed E-state index contributed by atoms with van der Waals surface area (Å²) < 4.78 is 23.2. The number of benzene rings is 2. The Morgan fingerprint density at radius 3 is 2.02 bits per heavy atom. The van der Waals surface area contributed by atoms with Gasteiger partial charge in [-0.3, -0.25) is 4.79 Å². The summed E-state index contributed by atoms with van der Waals surface area (Å²) in [7, 11) is 6.23. The number of nitrogens with zero attached hydrogens (tertiary/aromatic N) is 4. The van der Waals surface area contributed by atoms with Crippen LogP contribution < -0.4 is 41.0 Å². The number of methoxy groups -OCH3 is 4. The summed E-state index contributed by atoms with van der Waals surface area (Å²) in [5, 5.41) is 11.4. The van der Waals surface area contributed by atoms with Crippen molar-refractivity contribution in [3.63, 3.8) is 0 Å². The summed E-state index contributed by atoms with van der Waals surface area (Å²) in [5.74, 6) is 2.37. The van der Waals surface area contributed by atoms with Crippen LogP contribution in [0.5, 0.6) is 23.0 Å². The second-order valence-electron chi connectivity index (χ2n) is 9.72. The Morgan fingerprint density at radius 1 is 0.878 bits per heavy atom. The molecule has 2 heterocycles. The van der Waals surface area contributed by atoms with Crippen LogP contribution in [0.25, 0.3) is 17.0 Å². The normalized spacial score (nSPS) is 16.7. The van der Waals surface area contributed by atoms with Gasteiger partial charge in [0.25, 0.3) is 5.91 Å². The average molecular weight is 563 g/mol. The van der Waals surface area contributed by atoms with Gasteiger partial charge in [-0.2, -0.15) is 9.50 Å². The van der Waals surface area contributed by atoms with Crippen LogP contribution in [0.2, 0.25) is 0 Å². The first-order valence-corrected chi connectivity index (χ1v) is 13.2. The van der Waals surface area contributed by atoms with Crippen molar-refractivity contribution >= 4 is 29.0 Å². The molecule has 41 heavy (non-hydrogen) atoms. The first-order chi connectivity index (χ1) is 19.8. The molecule has 2 atom stereocenters. The van der Waals surface area contributed by atoms with Crippen molar-refractivity contribution in [3.05, 3.63) is 42.0 Å². The standard InChI is InChI=1S/C28H34N8O5/c1-38-17-9-15(10-18(13-17)39-2)25-33-27-23(24(30)37)26(31-16-11-19(40-3)14-20(12-16)41-4)34-28(36(27)35-25)32-22-8-6-5-7-21(22)29/h9-14,21-22,31H,5-8,29H2,1-4H3,(H2,30,37)(H,32,34)/t21-,22+/m0/s1. The lowest BCUT2D eigenvalue weighted by atomic mass is 9.91. The highest BCUT2D eigenvalue weighted by molar-refractivity contribution is 6.04. The van der Waals surface area contributed by atoms with E-state index in [0.717, 1.165) is 25.7 Å². The van der Waals surface area contributed by atoms with Crippen molar-refractivity contribution in [3.8, 4) is 34.4 Å². The Balaban J connectivity index is 1.70. The van der Waals surface area contributed by atoms with Crippen molar-refractivity contribution in [2.24, 2.45) is 11.5 Å². The number of nitrogens with one attached hydrogen (secondary N) is 2. The van der Waals surface area contributed by atoms with Gasteiger partial charge in [0.2, 0.25) is 5.95 Å². The van der Waals surface area contributed by atoms with E-state index in [0.29, 0.717) is 46.0 Å². The maximum absolute atomic E-state index is 12.9. The maximum atomic E-state index is 12.9. The molecule has 6 N–H and O–H groups in total. The van der Waals surface area contributed by atoms with E-state index in [2.05, 4.69) is 10.6 Å². The fourth-order valence-electron chi connectivity index (χ4n) is 4.93. The number of hydrogen-bond acceptors (Lipinski definition) is 11. The number of fused-ring (bicyclic) bond motifs is 1. The monoisotopic (exact) mass is 562 g/mol. The third kappa shape index (κ3) is 5.75. The number of primary amides is 1. The predicted octanol–water partition coefficient (Wildman–Crippen LogP) is 3.35. The molecule has 0 radical (unpaired) electrons. The van der Waals surface area contributed by atoms with Gasteiger partial charge in [-0.1, -0.05) is 12.8 Å². The summed E-state index contributed by atoms with van der Waals surface area (Å²) in [4.78, 5) is 22.4. The van der Waals surface area contributed by atoms with E-state index >= 15 is 0 Å². The van der Waals surface area contributed by atoms with E-state index in [1.54, 1.807) is 64.8 Å². The topological polar surface area (TPSA) is 173 Å². The Kier molecular flexibility index (Phi) is 7.97. The fraction of sp³-hybridized carbons (Fsp3) is 0.357.